The number of aryl methyl sites for hydroxylation is 1. The molecule has 2 rings (SSSR count). The minimum absolute atomic E-state index is 0.342. The van der Waals surface area contributed by atoms with Gasteiger partial charge in [0.15, 0.2) is 0 Å². The van der Waals surface area contributed by atoms with E-state index in [0.29, 0.717) is 5.56 Å². The van der Waals surface area contributed by atoms with Gasteiger partial charge >= 0.3 is 5.97 Å². The van der Waals surface area contributed by atoms with Crippen LogP contribution in [-0.4, -0.2) is 29.7 Å². The van der Waals surface area contributed by atoms with E-state index >= 15 is 0 Å². The van der Waals surface area contributed by atoms with Crippen molar-refractivity contribution in [1.82, 2.24) is 4.98 Å². The van der Waals surface area contributed by atoms with Gasteiger partial charge in [0.2, 0.25) is 0 Å². The molecule has 0 spiro atoms. The van der Waals surface area contributed by atoms with Crippen LogP contribution in [-0.2, 0) is 6.42 Å². The third-order valence-electron chi connectivity index (χ3n) is 3.77. The molecular formula is C15H22N2O2. The van der Waals surface area contributed by atoms with Crippen molar-refractivity contribution in [3.05, 3.63) is 23.4 Å². The monoisotopic (exact) mass is 262 g/mol. The van der Waals surface area contributed by atoms with Crippen molar-refractivity contribution in [3.8, 4) is 0 Å². The quantitative estimate of drug-likeness (QED) is 0.856. The normalized spacial score (nSPS) is 15.1. The van der Waals surface area contributed by atoms with Crippen molar-refractivity contribution in [3.63, 3.8) is 0 Å². The molecule has 104 valence electrons. The summed E-state index contributed by atoms with van der Waals surface area (Å²) in [6.07, 6.45) is 5.69. The van der Waals surface area contributed by atoms with Gasteiger partial charge in [0, 0.05) is 19.3 Å². The average Bonchev–Trinajstić information content (AvgIpc) is 2.33. The van der Waals surface area contributed by atoms with E-state index in [1.54, 1.807) is 12.1 Å². The topological polar surface area (TPSA) is 53.4 Å². The number of hydrogen-bond donors (Lipinski definition) is 1. The second kappa shape index (κ2) is 6.04. The first-order chi connectivity index (χ1) is 9.10. The number of aromatic nitrogens is 1. The Bertz CT molecular complexity index is 455. The molecule has 4 heteroatoms. The maximum atomic E-state index is 11.2. The number of carboxylic acid groups (broad SMARTS) is 1. The van der Waals surface area contributed by atoms with Gasteiger partial charge in [0.05, 0.1) is 5.56 Å². The predicted molar refractivity (Wildman–Crippen MR) is 75.8 cm³/mol. The Morgan fingerprint density at radius 3 is 2.74 bits per heavy atom. The van der Waals surface area contributed by atoms with Crippen molar-refractivity contribution in [2.45, 2.75) is 39.0 Å². The molecule has 1 aromatic heterocycles. The van der Waals surface area contributed by atoms with Crippen molar-refractivity contribution >= 4 is 11.8 Å². The molecule has 0 unspecified atom stereocenters. The lowest BCUT2D eigenvalue weighted by atomic mass is 9.85. The molecule has 19 heavy (non-hydrogen) atoms. The Morgan fingerprint density at radius 2 is 2.21 bits per heavy atom. The van der Waals surface area contributed by atoms with Crippen molar-refractivity contribution in [2.75, 3.05) is 18.5 Å². The van der Waals surface area contributed by atoms with E-state index < -0.39 is 5.97 Å². The number of anilines is 1. The SMILES string of the molecule is CCCc1cc(C(=O)O)cc(N(C)CC2CCC2)n1. The molecule has 0 amide bonds. The van der Waals surface area contributed by atoms with Crippen LogP contribution in [0, 0.1) is 5.92 Å². The van der Waals surface area contributed by atoms with E-state index in [9.17, 15) is 9.90 Å². The molecule has 0 saturated heterocycles. The van der Waals surface area contributed by atoms with Crippen LogP contribution in [0.2, 0.25) is 0 Å². The van der Waals surface area contributed by atoms with Gasteiger partial charge in [0.25, 0.3) is 0 Å². The Morgan fingerprint density at radius 1 is 1.47 bits per heavy atom. The molecule has 0 atom stereocenters. The smallest absolute Gasteiger partial charge is 0.335 e. The summed E-state index contributed by atoms with van der Waals surface area (Å²) in [7, 11) is 2.00. The lowest BCUT2D eigenvalue weighted by Gasteiger charge is -2.31. The minimum Gasteiger partial charge on any atom is -0.478 e. The zero-order chi connectivity index (χ0) is 13.8. The third kappa shape index (κ3) is 3.46. The summed E-state index contributed by atoms with van der Waals surface area (Å²) in [6, 6.07) is 3.37. The van der Waals surface area contributed by atoms with Gasteiger partial charge in [-0.1, -0.05) is 19.8 Å². The molecular weight excluding hydrogens is 240 g/mol. The van der Waals surface area contributed by atoms with Crippen molar-refractivity contribution < 1.29 is 9.90 Å². The first kappa shape index (κ1) is 13.8. The summed E-state index contributed by atoms with van der Waals surface area (Å²) in [5, 5.41) is 9.18. The molecule has 1 N–H and O–H groups in total. The second-order valence-electron chi connectivity index (χ2n) is 5.44. The van der Waals surface area contributed by atoms with Crippen molar-refractivity contribution in [2.24, 2.45) is 5.92 Å². The summed E-state index contributed by atoms with van der Waals surface area (Å²) in [6.45, 7) is 3.05. The highest BCUT2D eigenvalue weighted by molar-refractivity contribution is 5.88. The Balaban J connectivity index is 2.18. The van der Waals surface area contributed by atoms with Crippen LogP contribution in [0.5, 0.6) is 0 Å². The van der Waals surface area contributed by atoms with Gasteiger partial charge in [-0.15, -0.1) is 0 Å². The van der Waals surface area contributed by atoms with Crippen molar-refractivity contribution in [1.29, 1.82) is 0 Å². The molecule has 1 heterocycles. The summed E-state index contributed by atoms with van der Waals surface area (Å²) in [5.41, 5.74) is 1.21. The summed E-state index contributed by atoms with van der Waals surface area (Å²) in [5.74, 6) is 0.656. The number of aromatic carboxylic acids is 1. The summed E-state index contributed by atoms with van der Waals surface area (Å²) < 4.78 is 0. The minimum atomic E-state index is -0.877. The van der Waals surface area contributed by atoms with Gasteiger partial charge in [-0.25, -0.2) is 9.78 Å². The maximum Gasteiger partial charge on any atom is 0.335 e. The van der Waals surface area contributed by atoms with E-state index in [-0.39, 0.29) is 0 Å². The number of carbonyl (C=O) groups is 1. The Labute approximate surface area is 114 Å². The number of rotatable bonds is 6. The molecule has 1 aromatic rings. The van der Waals surface area contributed by atoms with Gasteiger partial charge in [-0.3, -0.25) is 0 Å². The Hall–Kier alpha value is -1.58. The number of pyridine rings is 1. The van der Waals surface area contributed by atoms with E-state index in [0.717, 1.165) is 36.8 Å². The van der Waals surface area contributed by atoms with E-state index in [2.05, 4.69) is 16.8 Å². The largest absolute Gasteiger partial charge is 0.478 e. The van der Waals surface area contributed by atoms with Crippen LogP contribution < -0.4 is 4.90 Å². The maximum absolute atomic E-state index is 11.2. The molecule has 1 fully saturated rings. The average molecular weight is 262 g/mol. The molecule has 0 radical (unpaired) electrons. The fraction of sp³-hybridized carbons (Fsp3) is 0.600. The lowest BCUT2D eigenvalue weighted by Crippen LogP contribution is -2.30. The first-order valence-electron chi connectivity index (χ1n) is 7.05. The van der Waals surface area contributed by atoms with Gasteiger partial charge in [-0.2, -0.15) is 0 Å². The highest BCUT2D eigenvalue weighted by atomic mass is 16.4. The van der Waals surface area contributed by atoms with Gasteiger partial charge in [0.1, 0.15) is 5.82 Å². The number of nitrogens with zero attached hydrogens (tertiary/aromatic N) is 2. The van der Waals surface area contributed by atoms with Crippen LogP contribution in [0.1, 0.15) is 48.7 Å². The van der Waals surface area contributed by atoms with Crippen LogP contribution in [0.4, 0.5) is 5.82 Å². The molecule has 4 nitrogen and oxygen atoms in total. The van der Waals surface area contributed by atoms with Gasteiger partial charge in [-0.05, 0) is 37.3 Å². The van der Waals surface area contributed by atoms with Gasteiger partial charge < -0.3 is 10.0 Å². The van der Waals surface area contributed by atoms with Crippen LogP contribution in [0.15, 0.2) is 12.1 Å². The third-order valence-corrected chi connectivity index (χ3v) is 3.77. The Kier molecular flexibility index (Phi) is 4.40. The zero-order valence-corrected chi connectivity index (χ0v) is 11.7. The molecule has 0 bridgehead atoms. The zero-order valence-electron chi connectivity index (χ0n) is 11.7. The second-order valence-corrected chi connectivity index (χ2v) is 5.44. The summed E-state index contributed by atoms with van der Waals surface area (Å²) >= 11 is 0. The van der Waals surface area contributed by atoms with Crippen LogP contribution in [0.3, 0.4) is 0 Å². The number of hydrogen-bond acceptors (Lipinski definition) is 3. The first-order valence-corrected chi connectivity index (χ1v) is 7.05. The highest BCUT2D eigenvalue weighted by Gasteiger charge is 2.20. The standard InChI is InChI=1S/C15H22N2O2/c1-3-5-13-8-12(15(18)19)9-14(16-13)17(2)10-11-6-4-7-11/h8-9,11H,3-7,10H2,1-2H3,(H,18,19). The lowest BCUT2D eigenvalue weighted by molar-refractivity contribution is 0.0696. The van der Waals surface area contributed by atoms with Crippen LogP contribution in [0.25, 0.3) is 0 Å². The molecule has 1 saturated carbocycles. The summed E-state index contributed by atoms with van der Waals surface area (Å²) in [4.78, 5) is 17.8. The van der Waals surface area contributed by atoms with E-state index in [4.69, 9.17) is 0 Å². The molecule has 1 aliphatic rings. The number of carboxylic acids is 1. The van der Waals surface area contributed by atoms with Crippen LogP contribution >= 0.6 is 0 Å². The van der Waals surface area contributed by atoms with E-state index in [1.807, 2.05) is 7.05 Å². The fourth-order valence-electron chi connectivity index (χ4n) is 2.43. The predicted octanol–water partition coefficient (Wildman–Crippen LogP) is 2.97. The molecule has 1 aliphatic carbocycles. The fourth-order valence-corrected chi connectivity index (χ4v) is 2.43. The molecule has 0 aromatic carbocycles. The molecule has 0 aliphatic heterocycles. The van der Waals surface area contributed by atoms with E-state index in [1.165, 1.54) is 19.3 Å². The highest BCUT2D eigenvalue weighted by Crippen LogP contribution is 2.28.